The molecule has 3 N–H and O–H groups in total. The first-order chi connectivity index (χ1) is 16.3. The monoisotopic (exact) mass is 480 g/mol. The predicted octanol–water partition coefficient (Wildman–Crippen LogP) is 4.56. The molecule has 8 nitrogen and oxygen atoms in total. The van der Waals surface area contributed by atoms with Crippen molar-refractivity contribution in [1.29, 1.82) is 0 Å². The maximum absolute atomic E-state index is 12.9. The van der Waals surface area contributed by atoms with Crippen LogP contribution < -0.4 is 20.7 Å². The first kappa shape index (κ1) is 24.9. The number of nitrogens with one attached hydrogen (secondary N) is 3. The van der Waals surface area contributed by atoms with E-state index in [1.165, 1.54) is 18.3 Å². The van der Waals surface area contributed by atoms with Gasteiger partial charge in [-0.05, 0) is 49.2 Å². The van der Waals surface area contributed by atoms with Gasteiger partial charge in [0.2, 0.25) is 11.8 Å². The summed E-state index contributed by atoms with van der Waals surface area (Å²) in [6.07, 6.45) is 0. The molecule has 34 heavy (non-hydrogen) atoms. The Kier molecular flexibility index (Phi) is 8.37. The summed E-state index contributed by atoms with van der Waals surface area (Å²) in [4.78, 5) is 41.3. The number of carbonyl (C=O) groups is 3. The van der Waals surface area contributed by atoms with Crippen molar-refractivity contribution in [3.63, 3.8) is 0 Å². The van der Waals surface area contributed by atoms with Gasteiger partial charge in [0.25, 0.3) is 5.91 Å². The van der Waals surface area contributed by atoms with E-state index in [0.717, 1.165) is 5.56 Å². The first-order valence-electron chi connectivity index (χ1n) is 10.9. The normalized spacial score (nSPS) is 11.6. The van der Waals surface area contributed by atoms with Gasteiger partial charge in [0, 0.05) is 29.1 Å². The number of benzene rings is 2. The molecule has 0 aliphatic rings. The second-order valence-electron chi connectivity index (χ2n) is 7.94. The van der Waals surface area contributed by atoms with E-state index in [-0.39, 0.29) is 23.6 Å². The Morgan fingerprint density at radius 1 is 1.00 bits per heavy atom. The minimum Gasteiger partial charge on any atom is -0.494 e. The fourth-order valence-electron chi connectivity index (χ4n) is 3.20. The molecule has 3 aromatic rings. The molecule has 1 aromatic heterocycles. The summed E-state index contributed by atoms with van der Waals surface area (Å²) < 4.78 is 5.40. The third kappa shape index (κ3) is 6.64. The van der Waals surface area contributed by atoms with Crippen LogP contribution in [0.4, 0.5) is 10.8 Å². The first-order valence-corrected chi connectivity index (χ1v) is 11.8. The molecular formula is C25H28N4O4S. The average molecular weight is 481 g/mol. The zero-order chi connectivity index (χ0) is 24.7. The molecule has 1 atom stereocenters. The molecule has 0 saturated heterocycles. The summed E-state index contributed by atoms with van der Waals surface area (Å²) in [6, 6.07) is 13.3. The second-order valence-corrected chi connectivity index (χ2v) is 8.80. The van der Waals surface area contributed by atoms with Gasteiger partial charge in [0.05, 0.1) is 12.3 Å². The van der Waals surface area contributed by atoms with Gasteiger partial charge in [-0.15, -0.1) is 11.3 Å². The van der Waals surface area contributed by atoms with Crippen LogP contribution >= 0.6 is 11.3 Å². The minimum absolute atomic E-state index is 0.132. The minimum atomic E-state index is -0.733. The van der Waals surface area contributed by atoms with E-state index in [0.29, 0.717) is 34.4 Å². The Bertz CT molecular complexity index is 1140. The van der Waals surface area contributed by atoms with Crippen molar-refractivity contribution < 1.29 is 19.1 Å². The van der Waals surface area contributed by atoms with Gasteiger partial charge in [0.1, 0.15) is 11.8 Å². The summed E-state index contributed by atoms with van der Waals surface area (Å²) in [7, 11) is 0. The predicted molar refractivity (Wildman–Crippen MR) is 134 cm³/mol. The molecule has 0 spiro atoms. The van der Waals surface area contributed by atoms with Crippen molar-refractivity contribution in [2.75, 3.05) is 17.2 Å². The molecule has 2 aromatic carbocycles. The lowest BCUT2D eigenvalue weighted by Gasteiger charge is -2.21. The maximum atomic E-state index is 12.9. The van der Waals surface area contributed by atoms with E-state index in [4.69, 9.17) is 4.74 Å². The Morgan fingerprint density at radius 3 is 2.26 bits per heavy atom. The number of hydrogen-bond donors (Lipinski definition) is 3. The number of thiazole rings is 1. The number of carbonyl (C=O) groups excluding carboxylic acids is 3. The van der Waals surface area contributed by atoms with Crippen molar-refractivity contribution >= 4 is 39.9 Å². The molecule has 3 rings (SSSR count). The summed E-state index contributed by atoms with van der Waals surface area (Å²) in [5, 5.41) is 10.6. The maximum Gasteiger partial charge on any atom is 0.251 e. The van der Waals surface area contributed by atoms with Gasteiger partial charge in [-0.2, -0.15) is 0 Å². The van der Waals surface area contributed by atoms with E-state index < -0.39 is 6.04 Å². The van der Waals surface area contributed by atoms with Gasteiger partial charge in [-0.25, -0.2) is 4.98 Å². The Labute approximate surface area is 202 Å². The zero-order valence-electron chi connectivity index (χ0n) is 19.5. The van der Waals surface area contributed by atoms with Crippen LogP contribution in [0.2, 0.25) is 0 Å². The van der Waals surface area contributed by atoms with Crippen molar-refractivity contribution in [2.24, 2.45) is 5.92 Å². The van der Waals surface area contributed by atoms with Crippen LogP contribution in [0.1, 0.15) is 38.1 Å². The molecule has 9 heteroatoms. The highest BCUT2D eigenvalue weighted by atomic mass is 32.1. The highest BCUT2D eigenvalue weighted by molar-refractivity contribution is 7.14. The number of amides is 3. The number of hydrogen-bond acceptors (Lipinski definition) is 6. The van der Waals surface area contributed by atoms with Crippen LogP contribution in [-0.4, -0.2) is 35.4 Å². The molecule has 0 aliphatic heterocycles. The smallest absolute Gasteiger partial charge is 0.251 e. The Balaban J connectivity index is 1.65. The lowest BCUT2D eigenvalue weighted by Crippen LogP contribution is -2.47. The van der Waals surface area contributed by atoms with Crippen molar-refractivity contribution in [3.8, 4) is 17.0 Å². The van der Waals surface area contributed by atoms with Crippen LogP contribution in [0.5, 0.6) is 5.75 Å². The molecule has 0 bridgehead atoms. The van der Waals surface area contributed by atoms with Crippen LogP contribution in [0.3, 0.4) is 0 Å². The SMILES string of the molecule is CCOc1ccc(C(=O)N[C@H](C(=O)Nc2nc(-c3ccc(NC(C)=O)cc3)cs2)C(C)C)cc1. The molecule has 0 saturated carbocycles. The van der Waals surface area contributed by atoms with Gasteiger partial charge < -0.3 is 20.7 Å². The zero-order valence-corrected chi connectivity index (χ0v) is 20.4. The summed E-state index contributed by atoms with van der Waals surface area (Å²) in [6.45, 7) is 7.62. The molecule has 0 aliphatic carbocycles. The van der Waals surface area contributed by atoms with Gasteiger partial charge >= 0.3 is 0 Å². The van der Waals surface area contributed by atoms with Crippen molar-refractivity contribution in [1.82, 2.24) is 10.3 Å². The van der Waals surface area contributed by atoms with Crippen LogP contribution in [0.25, 0.3) is 11.3 Å². The van der Waals surface area contributed by atoms with Crippen LogP contribution in [-0.2, 0) is 9.59 Å². The van der Waals surface area contributed by atoms with Crippen LogP contribution in [0.15, 0.2) is 53.9 Å². The highest BCUT2D eigenvalue weighted by Crippen LogP contribution is 2.26. The van der Waals surface area contributed by atoms with Gasteiger partial charge in [-0.3, -0.25) is 14.4 Å². The summed E-state index contributed by atoms with van der Waals surface area (Å²) >= 11 is 1.30. The largest absolute Gasteiger partial charge is 0.494 e. The van der Waals surface area contributed by atoms with E-state index in [9.17, 15) is 14.4 Å². The topological polar surface area (TPSA) is 109 Å². The van der Waals surface area contributed by atoms with E-state index >= 15 is 0 Å². The van der Waals surface area contributed by atoms with Gasteiger partial charge in [0.15, 0.2) is 5.13 Å². The Hall–Kier alpha value is -3.72. The number of aromatic nitrogens is 1. The number of rotatable bonds is 9. The molecule has 3 amide bonds. The third-order valence-corrected chi connectivity index (χ3v) is 5.66. The second kappa shape index (κ2) is 11.4. The summed E-state index contributed by atoms with van der Waals surface area (Å²) in [5.41, 5.74) is 2.70. The quantitative estimate of drug-likeness (QED) is 0.416. The molecular weight excluding hydrogens is 452 g/mol. The number of ether oxygens (including phenoxy) is 1. The number of anilines is 2. The molecule has 0 fully saturated rings. The standard InChI is InChI=1S/C25H28N4O4S/c1-5-33-20-12-8-18(9-13-20)23(31)28-22(15(2)3)24(32)29-25-27-21(14-34-25)17-6-10-19(11-7-17)26-16(4)30/h6-15,22H,5H2,1-4H3,(H,26,30)(H,28,31)(H,27,29,32)/t22-/m0/s1. The molecule has 178 valence electrons. The molecule has 0 unspecified atom stereocenters. The fourth-order valence-corrected chi connectivity index (χ4v) is 3.93. The van der Waals surface area contributed by atoms with Crippen molar-refractivity contribution in [3.05, 3.63) is 59.5 Å². The van der Waals surface area contributed by atoms with E-state index in [2.05, 4.69) is 20.9 Å². The van der Waals surface area contributed by atoms with Crippen molar-refractivity contribution in [2.45, 2.75) is 33.7 Å². The third-order valence-electron chi connectivity index (χ3n) is 4.90. The van der Waals surface area contributed by atoms with E-state index in [1.54, 1.807) is 36.4 Å². The average Bonchev–Trinajstić information content (AvgIpc) is 3.26. The molecule has 1 heterocycles. The highest BCUT2D eigenvalue weighted by Gasteiger charge is 2.25. The van der Waals surface area contributed by atoms with Crippen LogP contribution in [0, 0.1) is 5.92 Å². The molecule has 0 radical (unpaired) electrons. The lowest BCUT2D eigenvalue weighted by molar-refractivity contribution is -0.119. The fraction of sp³-hybridized carbons (Fsp3) is 0.280. The summed E-state index contributed by atoms with van der Waals surface area (Å²) in [5.74, 6) is -0.262. The lowest BCUT2D eigenvalue weighted by atomic mass is 10.0. The van der Waals surface area contributed by atoms with Gasteiger partial charge in [-0.1, -0.05) is 26.0 Å². The van der Waals surface area contributed by atoms with E-state index in [1.807, 2.05) is 38.3 Å². The number of nitrogens with zero attached hydrogens (tertiary/aromatic N) is 1. The Morgan fingerprint density at radius 2 is 1.68 bits per heavy atom.